The van der Waals surface area contributed by atoms with Gasteiger partial charge < -0.3 is 14.4 Å². The van der Waals surface area contributed by atoms with Gasteiger partial charge in [-0.15, -0.1) is 0 Å². The molecule has 0 aliphatic heterocycles. The van der Waals surface area contributed by atoms with Crippen molar-refractivity contribution in [2.75, 3.05) is 25.9 Å². The van der Waals surface area contributed by atoms with Gasteiger partial charge in [0, 0.05) is 12.6 Å². The lowest BCUT2D eigenvalue weighted by Crippen LogP contribution is -2.28. The van der Waals surface area contributed by atoms with Crippen molar-refractivity contribution >= 4 is 7.60 Å². The van der Waals surface area contributed by atoms with Crippen LogP contribution in [0.15, 0.2) is 0 Å². The van der Waals surface area contributed by atoms with Crippen LogP contribution in [0, 0.1) is 0 Å². The Labute approximate surface area is 93.3 Å². The highest BCUT2D eigenvalue weighted by molar-refractivity contribution is 7.53. The number of hydrogen-bond donors (Lipinski definition) is 1. The Balaban J connectivity index is 3.90. The van der Waals surface area contributed by atoms with Crippen molar-refractivity contribution in [3.63, 3.8) is 0 Å². The van der Waals surface area contributed by atoms with Crippen LogP contribution >= 0.6 is 7.60 Å². The van der Waals surface area contributed by atoms with E-state index in [-0.39, 0.29) is 0 Å². The van der Waals surface area contributed by atoms with Gasteiger partial charge in [-0.05, 0) is 27.2 Å². The maximum absolute atomic E-state index is 12.0. The summed E-state index contributed by atoms with van der Waals surface area (Å²) in [5.41, 5.74) is 0. The summed E-state index contributed by atoms with van der Waals surface area (Å²) in [6.45, 7) is 9.41. The van der Waals surface area contributed by atoms with Crippen molar-refractivity contribution in [1.29, 1.82) is 0 Å². The minimum Gasteiger partial charge on any atom is -0.314 e. The van der Waals surface area contributed by atoms with Crippen LogP contribution in [0.2, 0.25) is 0 Å². The molecule has 0 bridgehead atoms. The first-order chi connectivity index (χ1) is 7.08. The lowest BCUT2D eigenvalue weighted by molar-refractivity contribution is 0.220. The van der Waals surface area contributed by atoms with Gasteiger partial charge in [-0.25, -0.2) is 0 Å². The lowest BCUT2D eigenvalue weighted by atomic mass is 10.3. The molecule has 0 aromatic carbocycles. The van der Waals surface area contributed by atoms with E-state index in [1.54, 1.807) is 0 Å². The highest BCUT2D eigenvalue weighted by Gasteiger charge is 2.22. The van der Waals surface area contributed by atoms with Gasteiger partial charge in [0.15, 0.2) is 0 Å². The summed E-state index contributed by atoms with van der Waals surface area (Å²) in [5.74, 6) is 0. The molecule has 0 saturated heterocycles. The number of nitrogens with one attached hydrogen (secondary N) is 1. The minimum absolute atomic E-state index is 0.431. The fourth-order valence-electron chi connectivity index (χ4n) is 1.15. The zero-order valence-electron chi connectivity index (χ0n) is 10.3. The third-order valence-corrected chi connectivity index (χ3v) is 4.22. The molecule has 1 atom stereocenters. The van der Waals surface area contributed by atoms with Gasteiger partial charge in [0.25, 0.3) is 0 Å². The third kappa shape index (κ3) is 7.07. The molecule has 0 radical (unpaired) electrons. The van der Waals surface area contributed by atoms with E-state index in [9.17, 15) is 4.57 Å². The summed E-state index contributed by atoms with van der Waals surface area (Å²) in [6.07, 6.45) is 1.51. The largest absolute Gasteiger partial charge is 0.331 e. The molecule has 0 fully saturated rings. The van der Waals surface area contributed by atoms with Gasteiger partial charge in [-0.1, -0.05) is 6.92 Å². The van der Waals surface area contributed by atoms with Gasteiger partial charge in [-0.3, -0.25) is 4.57 Å². The molecule has 1 N–H and O–H groups in total. The Bertz CT molecular complexity index is 189. The van der Waals surface area contributed by atoms with Gasteiger partial charge in [0.05, 0.1) is 19.4 Å². The second-order valence-electron chi connectivity index (χ2n) is 3.43. The van der Waals surface area contributed by atoms with E-state index in [0.717, 1.165) is 6.42 Å². The molecule has 5 heteroatoms. The third-order valence-electron chi connectivity index (χ3n) is 2.14. The van der Waals surface area contributed by atoms with Crippen LogP contribution in [0.4, 0.5) is 0 Å². The fourth-order valence-corrected chi connectivity index (χ4v) is 2.67. The Morgan fingerprint density at radius 1 is 1.20 bits per heavy atom. The Kier molecular flexibility index (Phi) is 8.34. The van der Waals surface area contributed by atoms with Crippen molar-refractivity contribution in [3.8, 4) is 0 Å². The number of hydrogen-bond acceptors (Lipinski definition) is 4. The molecule has 0 saturated carbocycles. The summed E-state index contributed by atoms with van der Waals surface area (Å²) in [6, 6.07) is 0.446. The molecule has 92 valence electrons. The highest BCUT2D eigenvalue weighted by atomic mass is 31.2. The predicted octanol–water partition coefficient (Wildman–Crippen LogP) is 2.64. The zero-order chi connectivity index (χ0) is 11.7. The topological polar surface area (TPSA) is 47.6 Å². The molecule has 1 unspecified atom stereocenters. The van der Waals surface area contributed by atoms with Crippen molar-refractivity contribution < 1.29 is 13.6 Å². The highest BCUT2D eigenvalue weighted by Crippen LogP contribution is 2.47. The molecule has 0 heterocycles. The van der Waals surface area contributed by atoms with Gasteiger partial charge in [0.2, 0.25) is 0 Å². The quantitative estimate of drug-likeness (QED) is 0.626. The van der Waals surface area contributed by atoms with Crippen molar-refractivity contribution in [3.05, 3.63) is 0 Å². The van der Waals surface area contributed by atoms with Gasteiger partial charge >= 0.3 is 7.60 Å². The molecule has 0 aliphatic carbocycles. The second-order valence-corrected chi connectivity index (χ2v) is 5.62. The second kappa shape index (κ2) is 8.28. The molecule has 0 rings (SSSR count). The van der Waals surface area contributed by atoms with Crippen LogP contribution < -0.4 is 5.32 Å². The van der Waals surface area contributed by atoms with E-state index in [0.29, 0.717) is 32.0 Å². The standard InChI is InChI=1S/C10H24NO3P/c1-5-10(4)11-8-9-15(12,13-6-2)14-7-3/h10-11H,5-9H2,1-4H3. The Hall–Kier alpha value is 0.110. The number of rotatable bonds is 9. The van der Waals surface area contributed by atoms with Crippen molar-refractivity contribution in [2.45, 2.75) is 40.2 Å². The van der Waals surface area contributed by atoms with E-state index in [1.165, 1.54) is 0 Å². The molecular formula is C10H24NO3P. The maximum Gasteiger partial charge on any atom is 0.331 e. The molecule has 0 amide bonds. The average Bonchev–Trinajstić information content (AvgIpc) is 2.18. The zero-order valence-corrected chi connectivity index (χ0v) is 11.2. The van der Waals surface area contributed by atoms with E-state index >= 15 is 0 Å². The molecule has 0 aliphatic rings. The Morgan fingerprint density at radius 3 is 2.13 bits per heavy atom. The van der Waals surface area contributed by atoms with Crippen LogP contribution in [0.25, 0.3) is 0 Å². The van der Waals surface area contributed by atoms with Gasteiger partial charge in [-0.2, -0.15) is 0 Å². The maximum atomic E-state index is 12.0. The molecule has 0 spiro atoms. The van der Waals surface area contributed by atoms with Crippen LogP contribution in [0.1, 0.15) is 34.1 Å². The van der Waals surface area contributed by atoms with E-state index in [4.69, 9.17) is 9.05 Å². The lowest BCUT2D eigenvalue weighted by Gasteiger charge is -2.18. The van der Waals surface area contributed by atoms with Crippen LogP contribution in [-0.2, 0) is 13.6 Å². The SMILES string of the molecule is CCOP(=O)(CCNC(C)CC)OCC. The van der Waals surface area contributed by atoms with E-state index in [1.807, 2.05) is 13.8 Å². The monoisotopic (exact) mass is 237 g/mol. The summed E-state index contributed by atoms with van der Waals surface area (Å²) in [4.78, 5) is 0. The molecular weight excluding hydrogens is 213 g/mol. The van der Waals surface area contributed by atoms with E-state index in [2.05, 4.69) is 19.2 Å². The smallest absolute Gasteiger partial charge is 0.314 e. The first-order valence-corrected chi connectivity index (χ1v) is 7.42. The summed E-state index contributed by atoms with van der Waals surface area (Å²) in [7, 11) is -2.85. The van der Waals surface area contributed by atoms with Crippen LogP contribution in [-0.4, -0.2) is 32.0 Å². The average molecular weight is 237 g/mol. The summed E-state index contributed by atoms with van der Waals surface area (Å²) >= 11 is 0. The fraction of sp³-hybridized carbons (Fsp3) is 1.00. The summed E-state index contributed by atoms with van der Waals surface area (Å²) in [5, 5.41) is 3.27. The van der Waals surface area contributed by atoms with Crippen LogP contribution in [0.3, 0.4) is 0 Å². The molecule has 0 aromatic rings. The first kappa shape index (κ1) is 15.1. The minimum atomic E-state index is -2.85. The van der Waals surface area contributed by atoms with Crippen LogP contribution in [0.5, 0.6) is 0 Å². The van der Waals surface area contributed by atoms with E-state index < -0.39 is 7.60 Å². The summed E-state index contributed by atoms with van der Waals surface area (Å²) < 4.78 is 22.4. The predicted molar refractivity (Wildman–Crippen MR) is 63.5 cm³/mol. The van der Waals surface area contributed by atoms with Crippen molar-refractivity contribution in [1.82, 2.24) is 5.32 Å². The normalized spacial score (nSPS) is 14.1. The molecule has 0 aromatic heterocycles. The van der Waals surface area contributed by atoms with Crippen molar-refractivity contribution in [2.24, 2.45) is 0 Å². The molecule has 15 heavy (non-hydrogen) atoms. The molecule has 4 nitrogen and oxygen atoms in total. The van der Waals surface area contributed by atoms with Gasteiger partial charge in [0.1, 0.15) is 0 Å². The Morgan fingerprint density at radius 2 is 1.73 bits per heavy atom. The first-order valence-electron chi connectivity index (χ1n) is 5.69.